The lowest BCUT2D eigenvalue weighted by Gasteiger charge is -2.13. The van der Waals surface area contributed by atoms with Gasteiger partial charge in [-0.3, -0.25) is 4.79 Å². The Labute approximate surface area is 192 Å². The highest BCUT2D eigenvalue weighted by Gasteiger charge is 2.13. The normalized spacial score (nSPS) is 11.8. The molecule has 184 valence electrons. The van der Waals surface area contributed by atoms with E-state index in [1.165, 1.54) is 83.5 Å². The van der Waals surface area contributed by atoms with Gasteiger partial charge in [0.1, 0.15) is 0 Å². The molecule has 0 aliphatic rings. The summed E-state index contributed by atoms with van der Waals surface area (Å²) in [5.41, 5.74) is 0. The molecule has 0 rings (SSSR count). The molecule has 0 saturated heterocycles. The van der Waals surface area contributed by atoms with Crippen LogP contribution in [-0.2, 0) is 14.3 Å². The molecular formula is C26H51NO4. The van der Waals surface area contributed by atoms with Gasteiger partial charge in [-0.1, -0.05) is 110 Å². The lowest BCUT2D eigenvalue weighted by Crippen LogP contribution is -2.35. The first kappa shape index (κ1) is 29.7. The lowest BCUT2D eigenvalue weighted by molar-refractivity contribution is -0.144. The Bertz CT molecular complexity index is 414. The van der Waals surface area contributed by atoms with E-state index in [4.69, 9.17) is 9.47 Å². The Kier molecular flexibility index (Phi) is 22.5. The third-order valence-electron chi connectivity index (χ3n) is 5.58. The van der Waals surface area contributed by atoms with Crippen molar-refractivity contribution in [1.29, 1.82) is 0 Å². The predicted molar refractivity (Wildman–Crippen MR) is 129 cm³/mol. The van der Waals surface area contributed by atoms with Crippen molar-refractivity contribution in [1.82, 2.24) is 5.32 Å². The summed E-state index contributed by atoms with van der Waals surface area (Å²) in [7, 11) is 0. The zero-order valence-corrected chi connectivity index (χ0v) is 20.9. The van der Waals surface area contributed by atoms with E-state index in [0.717, 1.165) is 25.7 Å². The summed E-state index contributed by atoms with van der Waals surface area (Å²) >= 11 is 0. The standard InChI is InChI=1S/C26H51NO4/c1-4-6-8-9-10-11-12-13-14-15-16-17-18-19-20-22-30-25(28)23-24(3)27-26(29)31-21-7-5-2/h24H,4-23H2,1-3H3,(H,27,29). The Morgan fingerprint density at radius 2 is 1.03 bits per heavy atom. The van der Waals surface area contributed by atoms with Crippen LogP contribution in [0.25, 0.3) is 0 Å². The number of unbranched alkanes of at least 4 members (excludes halogenated alkanes) is 15. The summed E-state index contributed by atoms with van der Waals surface area (Å²) in [5, 5.41) is 2.66. The van der Waals surface area contributed by atoms with Crippen LogP contribution in [0.3, 0.4) is 0 Å². The molecule has 31 heavy (non-hydrogen) atoms. The summed E-state index contributed by atoms with van der Waals surface area (Å²) in [6, 6.07) is -0.275. The van der Waals surface area contributed by atoms with E-state index in [9.17, 15) is 9.59 Å². The van der Waals surface area contributed by atoms with E-state index in [2.05, 4.69) is 12.2 Å². The van der Waals surface area contributed by atoms with Crippen molar-refractivity contribution in [2.24, 2.45) is 0 Å². The van der Waals surface area contributed by atoms with E-state index in [1.54, 1.807) is 6.92 Å². The molecule has 1 N–H and O–H groups in total. The molecule has 5 nitrogen and oxygen atoms in total. The number of esters is 1. The SMILES string of the molecule is CCCCCCCCCCCCCCCCCOC(=O)CC(C)NC(=O)OCCCC. The molecule has 0 bridgehead atoms. The number of alkyl carbamates (subject to hydrolysis) is 1. The number of nitrogens with one attached hydrogen (secondary N) is 1. The number of carbonyl (C=O) groups excluding carboxylic acids is 2. The first-order valence-electron chi connectivity index (χ1n) is 13.2. The van der Waals surface area contributed by atoms with Crippen LogP contribution < -0.4 is 5.32 Å². The monoisotopic (exact) mass is 441 g/mol. The molecule has 1 amide bonds. The Morgan fingerprint density at radius 3 is 1.52 bits per heavy atom. The first-order valence-corrected chi connectivity index (χ1v) is 13.2. The summed E-state index contributed by atoms with van der Waals surface area (Å²) in [4.78, 5) is 23.4. The van der Waals surface area contributed by atoms with E-state index in [0.29, 0.717) is 13.2 Å². The van der Waals surface area contributed by atoms with Gasteiger partial charge in [-0.2, -0.15) is 0 Å². The van der Waals surface area contributed by atoms with Gasteiger partial charge >= 0.3 is 12.1 Å². The summed E-state index contributed by atoms with van der Waals surface area (Å²) in [6.45, 7) is 6.99. The van der Waals surface area contributed by atoms with Gasteiger partial charge in [-0.05, 0) is 19.8 Å². The van der Waals surface area contributed by atoms with Gasteiger partial charge in [0.15, 0.2) is 0 Å². The van der Waals surface area contributed by atoms with Crippen LogP contribution in [0.4, 0.5) is 4.79 Å². The van der Waals surface area contributed by atoms with E-state index >= 15 is 0 Å². The summed E-state index contributed by atoms with van der Waals surface area (Å²) < 4.78 is 10.3. The molecule has 0 heterocycles. The van der Waals surface area contributed by atoms with Crippen LogP contribution in [0.1, 0.15) is 136 Å². The van der Waals surface area contributed by atoms with Gasteiger partial charge in [-0.15, -0.1) is 0 Å². The Morgan fingerprint density at radius 1 is 0.613 bits per heavy atom. The third-order valence-corrected chi connectivity index (χ3v) is 5.58. The third kappa shape index (κ3) is 23.2. The Hall–Kier alpha value is -1.26. The van der Waals surface area contributed by atoms with Crippen molar-refractivity contribution in [2.45, 2.75) is 142 Å². The molecule has 0 saturated carbocycles. The van der Waals surface area contributed by atoms with Crippen LogP contribution in [0.15, 0.2) is 0 Å². The second kappa shape index (κ2) is 23.4. The molecule has 0 aromatic carbocycles. The number of hydrogen-bond acceptors (Lipinski definition) is 4. The second-order valence-corrected chi connectivity index (χ2v) is 8.91. The van der Waals surface area contributed by atoms with Crippen molar-refractivity contribution in [3.05, 3.63) is 0 Å². The maximum atomic E-state index is 11.8. The lowest BCUT2D eigenvalue weighted by atomic mass is 10.0. The van der Waals surface area contributed by atoms with Crippen LogP contribution >= 0.6 is 0 Å². The predicted octanol–water partition coefficient (Wildman–Crippen LogP) is 7.71. The van der Waals surface area contributed by atoms with Crippen LogP contribution in [-0.4, -0.2) is 31.3 Å². The average Bonchev–Trinajstić information content (AvgIpc) is 2.73. The number of carbonyl (C=O) groups is 2. The topological polar surface area (TPSA) is 64.6 Å². The highest BCUT2D eigenvalue weighted by Crippen LogP contribution is 2.13. The van der Waals surface area contributed by atoms with E-state index < -0.39 is 6.09 Å². The molecule has 0 fully saturated rings. The number of hydrogen-bond donors (Lipinski definition) is 1. The highest BCUT2D eigenvalue weighted by molar-refractivity contribution is 5.72. The van der Waals surface area contributed by atoms with Crippen molar-refractivity contribution in [2.75, 3.05) is 13.2 Å². The maximum absolute atomic E-state index is 11.8. The summed E-state index contributed by atoms with van der Waals surface area (Å²) in [5.74, 6) is -0.258. The van der Waals surface area contributed by atoms with Crippen LogP contribution in [0.2, 0.25) is 0 Å². The fourth-order valence-electron chi connectivity index (χ4n) is 3.57. The molecule has 5 heteroatoms. The van der Waals surface area contributed by atoms with Gasteiger partial charge in [-0.25, -0.2) is 4.79 Å². The van der Waals surface area contributed by atoms with Crippen molar-refractivity contribution >= 4 is 12.1 Å². The summed E-state index contributed by atoms with van der Waals surface area (Å²) in [6.07, 6.45) is 21.4. The minimum absolute atomic E-state index is 0.182. The quantitative estimate of drug-likeness (QED) is 0.138. The zero-order valence-electron chi connectivity index (χ0n) is 20.9. The van der Waals surface area contributed by atoms with Crippen LogP contribution in [0.5, 0.6) is 0 Å². The smallest absolute Gasteiger partial charge is 0.407 e. The van der Waals surface area contributed by atoms with Crippen molar-refractivity contribution in [3.63, 3.8) is 0 Å². The molecule has 0 spiro atoms. The fourth-order valence-corrected chi connectivity index (χ4v) is 3.57. The Balaban J connectivity index is 3.34. The molecule has 0 aromatic heterocycles. The molecule has 1 unspecified atom stereocenters. The molecule has 0 aliphatic carbocycles. The minimum Gasteiger partial charge on any atom is -0.466 e. The largest absolute Gasteiger partial charge is 0.466 e. The first-order chi connectivity index (χ1) is 15.1. The van der Waals surface area contributed by atoms with Crippen molar-refractivity contribution in [3.8, 4) is 0 Å². The molecule has 0 aliphatic heterocycles. The molecule has 1 atom stereocenters. The van der Waals surface area contributed by atoms with E-state index in [1.807, 2.05) is 6.92 Å². The minimum atomic E-state index is -0.462. The number of ether oxygens (including phenoxy) is 2. The number of rotatable bonds is 22. The average molecular weight is 442 g/mol. The van der Waals surface area contributed by atoms with Gasteiger partial charge in [0.05, 0.1) is 19.6 Å². The maximum Gasteiger partial charge on any atom is 0.407 e. The second-order valence-electron chi connectivity index (χ2n) is 8.91. The van der Waals surface area contributed by atoms with Gasteiger partial charge in [0.2, 0.25) is 0 Å². The van der Waals surface area contributed by atoms with Gasteiger partial charge in [0.25, 0.3) is 0 Å². The molecule has 0 aromatic rings. The molecular weight excluding hydrogens is 390 g/mol. The van der Waals surface area contributed by atoms with Gasteiger partial charge < -0.3 is 14.8 Å². The fraction of sp³-hybridized carbons (Fsp3) is 0.923. The van der Waals surface area contributed by atoms with E-state index in [-0.39, 0.29) is 18.4 Å². The van der Waals surface area contributed by atoms with Gasteiger partial charge in [0, 0.05) is 6.04 Å². The highest BCUT2D eigenvalue weighted by atomic mass is 16.5. The zero-order chi connectivity index (χ0) is 23.0. The van der Waals surface area contributed by atoms with Crippen molar-refractivity contribution < 1.29 is 19.1 Å². The van der Waals surface area contributed by atoms with Crippen LogP contribution in [0, 0.1) is 0 Å². The number of amides is 1. The molecule has 0 radical (unpaired) electrons.